The fourth-order valence-electron chi connectivity index (χ4n) is 1.86. The number of hydrogen-bond acceptors (Lipinski definition) is 3. The molecule has 0 atom stereocenters. The van der Waals surface area contributed by atoms with Crippen molar-refractivity contribution in [1.82, 2.24) is 16.0 Å². The lowest BCUT2D eigenvalue weighted by Crippen LogP contribution is -2.40. The fraction of sp³-hybridized carbons (Fsp3) is 0.250. The topological polar surface area (TPSA) is 70.2 Å². The summed E-state index contributed by atoms with van der Waals surface area (Å²) in [4.78, 5) is 24.6. The molecule has 0 saturated carbocycles. The van der Waals surface area contributed by atoms with Crippen LogP contribution < -0.4 is 16.0 Å². The highest BCUT2D eigenvalue weighted by atomic mass is 32.1. The molecule has 116 valence electrons. The SMILES string of the molecule is O=C(NCCNC(=O)c1ccccc1)NCCc1cccs1. The molecule has 0 unspecified atom stereocenters. The minimum Gasteiger partial charge on any atom is -0.350 e. The van der Waals surface area contributed by atoms with E-state index >= 15 is 0 Å². The van der Waals surface area contributed by atoms with E-state index in [1.807, 2.05) is 35.7 Å². The van der Waals surface area contributed by atoms with E-state index in [1.165, 1.54) is 4.88 Å². The summed E-state index contributed by atoms with van der Waals surface area (Å²) in [6.45, 7) is 1.39. The van der Waals surface area contributed by atoms with Gasteiger partial charge in [-0.05, 0) is 30.0 Å². The molecule has 1 heterocycles. The molecule has 0 fully saturated rings. The molecule has 22 heavy (non-hydrogen) atoms. The minimum atomic E-state index is -0.217. The van der Waals surface area contributed by atoms with Crippen molar-refractivity contribution in [1.29, 1.82) is 0 Å². The summed E-state index contributed by atoms with van der Waals surface area (Å²) in [5.41, 5.74) is 0.614. The Hall–Kier alpha value is -2.34. The largest absolute Gasteiger partial charge is 0.350 e. The second-order valence-corrected chi connectivity index (χ2v) is 5.67. The van der Waals surface area contributed by atoms with Crippen molar-refractivity contribution in [3.63, 3.8) is 0 Å². The van der Waals surface area contributed by atoms with Gasteiger partial charge >= 0.3 is 6.03 Å². The second-order valence-electron chi connectivity index (χ2n) is 4.63. The van der Waals surface area contributed by atoms with Gasteiger partial charge in [0.1, 0.15) is 0 Å². The predicted molar refractivity (Wildman–Crippen MR) is 88.2 cm³/mol. The van der Waals surface area contributed by atoms with Gasteiger partial charge < -0.3 is 16.0 Å². The van der Waals surface area contributed by atoms with E-state index in [-0.39, 0.29) is 11.9 Å². The van der Waals surface area contributed by atoms with Gasteiger partial charge in [-0.1, -0.05) is 24.3 Å². The third-order valence-corrected chi connectivity index (χ3v) is 3.91. The van der Waals surface area contributed by atoms with E-state index in [2.05, 4.69) is 16.0 Å². The second kappa shape index (κ2) is 8.84. The molecular weight excluding hydrogens is 298 g/mol. The van der Waals surface area contributed by atoms with Crippen LogP contribution in [0.1, 0.15) is 15.2 Å². The zero-order chi connectivity index (χ0) is 15.6. The number of hydrogen-bond donors (Lipinski definition) is 3. The third kappa shape index (κ3) is 5.57. The normalized spacial score (nSPS) is 10.0. The van der Waals surface area contributed by atoms with Crippen LogP contribution in [-0.4, -0.2) is 31.6 Å². The van der Waals surface area contributed by atoms with Crippen molar-refractivity contribution >= 4 is 23.3 Å². The van der Waals surface area contributed by atoms with E-state index < -0.39 is 0 Å². The fourth-order valence-corrected chi connectivity index (χ4v) is 2.57. The van der Waals surface area contributed by atoms with E-state index in [0.29, 0.717) is 25.2 Å². The quantitative estimate of drug-likeness (QED) is 0.684. The maximum absolute atomic E-state index is 11.8. The van der Waals surface area contributed by atoms with Gasteiger partial charge in [0.25, 0.3) is 5.91 Å². The van der Waals surface area contributed by atoms with Crippen LogP contribution in [0.2, 0.25) is 0 Å². The van der Waals surface area contributed by atoms with Crippen molar-refractivity contribution in [2.24, 2.45) is 0 Å². The molecule has 0 spiro atoms. The van der Waals surface area contributed by atoms with E-state index in [1.54, 1.807) is 23.5 Å². The molecule has 3 amide bonds. The lowest BCUT2D eigenvalue weighted by molar-refractivity contribution is 0.0954. The van der Waals surface area contributed by atoms with Crippen LogP contribution in [0.3, 0.4) is 0 Å². The Kier molecular flexibility index (Phi) is 6.44. The summed E-state index contributed by atoms with van der Waals surface area (Å²) in [5, 5.41) is 10.3. The van der Waals surface area contributed by atoms with Crippen LogP contribution in [0.25, 0.3) is 0 Å². The van der Waals surface area contributed by atoms with Gasteiger partial charge in [-0.15, -0.1) is 11.3 Å². The monoisotopic (exact) mass is 317 g/mol. The highest BCUT2D eigenvalue weighted by Gasteiger charge is 2.04. The van der Waals surface area contributed by atoms with Crippen molar-refractivity contribution in [3.8, 4) is 0 Å². The lowest BCUT2D eigenvalue weighted by atomic mass is 10.2. The average Bonchev–Trinajstić information content (AvgIpc) is 3.05. The Labute approximate surface area is 133 Å². The first-order chi connectivity index (χ1) is 10.8. The van der Waals surface area contributed by atoms with Crippen LogP contribution in [0.4, 0.5) is 4.79 Å². The van der Waals surface area contributed by atoms with Gasteiger partial charge in [-0.25, -0.2) is 4.79 Å². The molecule has 0 aliphatic carbocycles. The highest BCUT2D eigenvalue weighted by Crippen LogP contribution is 2.07. The molecule has 0 bridgehead atoms. The van der Waals surface area contributed by atoms with Crippen LogP contribution in [0.15, 0.2) is 47.8 Å². The number of carbonyl (C=O) groups excluding carboxylic acids is 2. The Morgan fingerprint density at radius 3 is 2.32 bits per heavy atom. The summed E-state index contributed by atoms with van der Waals surface area (Å²) in [6, 6.07) is 12.8. The molecule has 5 nitrogen and oxygen atoms in total. The zero-order valence-corrected chi connectivity index (χ0v) is 13.0. The number of nitrogens with one attached hydrogen (secondary N) is 3. The number of amides is 3. The van der Waals surface area contributed by atoms with E-state index in [0.717, 1.165) is 6.42 Å². The van der Waals surface area contributed by atoms with Gasteiger partial charge in [0.15, 0.2) is 0 Å². The molecule has 2 aromatic rings. The standard InChI is InChI=1S/C16H19N3O2S/c20-15(13-5-2-1-3-6-13)17-10-11-19-16(21)18-9-8-14-7-4-12-22-14/h1-7,12H,8-11H2,(H,17,20)(H2,18,19,21). The highest BCUT2D eigenvalue weighted by molar-refractivity contribution is 7.09. The number of thiophene rings is 1. The average molecular weight is 317 g/mol. The van der Waals surface area contributed by atoms with Crippen molar-refractivity contribution in [2.75, 3.05) is 19.6 Å². The van der Waals surface area contributed by atoms with E-state index in [9.17, 15) is 9.59 Å². The van der Waals surface area contributed by atoms with Crippen LogP contribution in [0.5, 0.6) is 0 Å². The Morgan fingerprint density at radius 1 is 0.864 bits per heavy atom. The molecule has 3 N–H and O–H groups in total. The lowest BCUT2D eigenvalue weighted by Gasteiger charge is -2.08. The number of benzene rings is 1. The summed E-state index contributed by atoms with van der Waals surface area (Å²) in [7, 11) is 0. The number of urea groups is 1. The van der Waals surface area contributed by atoms with Crippen LogP contribution in [0, 0.1) is 0 Å². The molecule has 1 aromatic heterocycles. The molecule has 0 aliphatic heterocycles. The summed E-state index contributed by atoms with van der Waals surface area (Å²) < 4.78 is 0. The van der Waals surface area contributed by atoms with Crippen molar-refractivity contribution in [3.05, 3.63) is 58.3 Å². The predicted octanol–water partition coefficient (Wildman–Crippen LogP) is 2.02. The van der Waals surface area contributed by atoms with Crippen molar-refractivity contribution in [2.45, 2.75) is 6.42 Å². The Balaban J connectivity index is 1.54. The smallest absolute Gasteiger partial charge is 0.314 e. The Bertz CT molecular complexity index is 585. The van der Waals surface area contributed by atoms with Crippen LogP contribution in [-0.2, 0) is 6.42 Å². The van der Waals surface area contributed by atoms with Gasteiger partial charge in [0.2, 0.25) is 0 Å². The summed E-state index contributed by atoms with van der Waals surface area (Å²) in [6.07, 6.45) is 0.829. The molecule has 0 saturated heterocycles. The molecule has 2 rings (SSSR count). The summed E-state index contributed by atoms with van der Waals surface area (Å²) in [5.74, 6) is -0.138. The molecule has 1 aromatic carbocycles. The van der Waals surface area contributed by atoms with Gasteiger partial charge in [-0.3, -0.25) is 4.79 Å². The van der Waals surface area contributed by atoms with Crippen molar-refractivity contribution < 1.29 is 9.59 Å². The molecule has 0 radical (unpaired) electrons. The Morgan fingerprint density at radius 2 is 1.59 bits per heavy atom. The van der Waals surface area contributed by atoms with Gasteiger partial charge in [-0.2, -0.15) is 0 Å². The minimum absolute atomic E-state index is 0.138. The molecule has 6 heteroatoms. The first-order valence-corrected chi connectivity index (χ1v) is 8.01. The van der Waals surface area contributed by atoms with Gasteiger partial charge in [0, 0.05) is 30.1 Å². The zero-order valence-electron chi connectivity index (χ0n) is 12.2. The molecule has 0 aliphatic rings. The first kappa shape index (κ1) is 16.0. The number of rotatable bonds is 7. The maximum Gasteiger partial charge on any atom is 0.314 e. The number of carbonyl (C=O) groups is 2. The van der Waals surface area contributed by atoms with E-state index in [4.69, 9.17) is 0 Å². The van der Waals surface area contributed by atoms with Gasteiger partial charge in [0.05, 0.1) is 0 Å². The first-order valence-electron chi connectivity index (χ1n) is 7.13. The summed E-state index contributed by atoms with van der Waals surface area (Å²) >= 11 is 1.68. The molecular formula is C16H19N3O2S. The third-order valence-electron chi connectivity index (χ3n) is 2.97. The maximum atomic E-state index is 11.8. The van der Waals surface area contributed by atoms with Crippen LogP contribution >= 0.6 is 11.3 Å².